The van der Waals surface area contributed by atoms with Gasteiger partial charge in [-0.1, -0.05) is 38.5 Å². The van der Waals surface area contributed by atoms with Crippen molar-refractivity contribution in [2.24, 2.45) is 5.92 Å². The molecule has 100 valence electrons. The van der Waals surface area contributed by atoms with E-state index in [0.29, 0.717) is 0 Å². The van der Waals surface area contributed by atoms with E-state index >= 15 is 0 Å². The molecule has 2 heteroatoms. The van der Waals surface area contributed by atoms with Gasteiger partial charge in [0.15, 0.2) is 0 Å². The van der Waals surface area contributed by atoms with Crippen molar-refractivity contribution in [1.29, 1.82) is 0 Å². The summed E-state index contributed by atoms with van der Waals surface area (Å²) < 4.78 is 0. The number of aliphatic hydroxyl groups excluding tert-OH is 1. The quantitative estimate of drug-likeness (QED) is 0.875. The highest BCUT2D eigenvalue weighted by Gasteiger charge is 2.21. The summed E-state index contributed by atoms with van der Waals surface area (Å²) >= 11 is 0. The van der Waals surface area contributed by atoms with E-state index in [-0.39, 0.29) is 6.10 Å². The fourth-order valence-electron chi connectivity index (χ4n) is 2.86. The van der Waals surface area contributed by atoms with E-state index in [9.17, 15) is 5.11 Å². The molecular formula is C16H25NO. The first-order valence-corrected chi connectivity index (χ1v) is 7.28. The van der Waals surface area contributed by atoms with Crippen LogP contribution in [-0.4, -0.2) is 18.2 Å². The molecule has 1 heterocycles. The molecule has 0 bridgehead atoms. The molecule has 1 N–H and O–H groups in total. The zero-order valence-electron chi connectivity index (χ0n) is 11.6. The molecule has 0 spiro atoms. The molecule has 2 nitrogen and oxygen atoms in total. The number of rotatable bonds is 4. The lowest BCUT2D eigenvalue weighted by atomic mass is 9.93. The topological polar surface area (TPSA) is 23.5 Å². The summed E-state index contributed by atoms with van der Waals surface area (Å²) in [5.74, 6) is 0.893. The van der Waals surface area contributed by atoms with E-state index in [2.05, 4.69) is 30.0 Å². The highest BCUT2D eigenvalue weighted by Crippen LogP contribution is 2.31. The van der Waals surface area contributed by atoms with E-state index in [0.717, 1.165) is 31.0 Å². The summed E-state index contributed by atoms with van der Waals surface area (Å²) in [7, 11) is 0. The number of benzene rings is 1. The largest absolute Gasteiger partial charge is 0.388 e. The molecule has 0 aliphatic carbocycles. The van der Waals surface area contributed by atoms with Gasteiger partial charge in [-0.25, -0.2) is 0 Å². The first kappa shape index (κ1) is 13.4. The van der Waals surface area contributed by atoms with Gasteiger partial charge in [0.05, 0.1) is 6.10 Å². The van der Waals surface area contributed by atoms with Crippen LogP contribution in [-0.2, 0) is 0 Å². The maximum absolute atomic E-state index is 10.1. The molecule has 0 aromatic heterocycles. The van der Waals surface area contributed by atoms with Crippen LogP contribution in [0.2, 0.25) is 0 Å². The Kier molecular flexibility index (Phi) is 4.65. The number of aliphatic hydroxyl groups is 1. The predicted molar refractivity (Wildman–Crippen MR) is 76.9 cm³/mol. The van der Waals surface area contributed by atoms with E-state index in [1.807, 2.05) is 13.0 Å². The second-order valence-corrected chi connectivity index (χ2v) is 5.32. The number of nitrogens with zero attached hydrogens (tertiary/aromatic N) is 1. The molecule has 0 saturated carbocycles. The molecule has 1 atom stereocenters. The minimum absolute atomic E-state index is 0.329. The van der Waals surface area contributed by atoms with E-state index < -0.39 is 0 Å². The van der Waals surface area contributed by atoms with Crippen LogP contribution < -0.4 is 4.90 Å². The van der Waals surface area contributed by atoms with Crippen molar-refractivity contribution < 1.29 is 5.11 Å². The van der Waals surface area contributed by atoms with Crippen LogP contribution in [0.5, 0.6) is 0 Å². The first-order valence-electron chi connectivity index (χ1n) is 7.28. The van der Waals surface area contributed by atoms with Crippen LogP contribution in [0.15, 0.2) is 24.3 Å². The minimum Gasteiger partial charge on any atom is -0.388 e. The molecule has 0 radical (unpaired) electrons. The summed E-state index contributed by atoms with van der Waals surface area (Å²) in [6.45, 7) is 6.58. The van der Waals surface area contributed by atoms with Crippen LogP contribution in [0.1, 0.15) is 51.2 Å². The molecule has 1 aromatic rings. The number of hydrogen-bond donors (Lipinski definition) is 1. The lowest BCUT2D eigenvalue weighted by Crippen LogP contribution is -2.34. The lowest BCUT2D eigenvalue weighted by Gasteiger charge is -2.35. The molecule has 1 saturated heterocycles. The van der Waals surface area contributed by atoms with Crippen molar-refractivity contribution in [3.8, 4) is 0 Å². The van der Waals surface area contributed by atoms with Gasteiger partial charge in [-0.3, -0.25) is 0 Å². The summed E-state index contributed by atoms with van der Waals surface area (Å²) in [6, 6.07) is 8.32. The smallest absolute Gasteiger partial charge is 0.0807 e. The van der Waals surface area contributed by atoms with Crippen molar-refractivity contribution in [2.45, 2.75) is 45.6 Å². The lowest BCUT2D eigenvalue weighted by molar-refractivity contribution is 0.174. The normalized spacial score (nSPS) is 18.9. The molecule has 1 aliphatic heterocycles. The van der Waals surface area contributed by atoms with E-state index in [1.54, 1.807) is 0 Å². The molecule has 1 aliphatic rings. The van der Waals surface area contributed by atoms with E-state index in [1.165, 1.54) is 24.9 Å². The third-order valence-electron chi connectivity index (χ3n) is 4.22. The summed E-state index contributed by atoms with van der Waals surface area (Å²) in [5.41, 5.74) is 2.33. The monoisotopic (exact) mass is 247 g/mol. The Balaban J connectivity index is 2.13. The highest BCUT2D eigenvalue weighted by atomic mass is 16.3. The second-order valence-electron chi connectivity index (χ2n) is 5.32. The number of hydrogen-bond acceptors (Lipinski definition) is 2. The maximum Gasteiger partial charge on any atom is 0.0807 e. The molecular weight excluding hydrogens is 222 g/mol. The molecule has 1 aromatic carbocycles. The Hall–Kier alpha value is -1.02. The van der Waals surface area contributed by atoms with E-state index in [4.69, 9.17) is 0 Å². The first-order chi connectivity index (χ1) is 8.76. The fraction of sp³-hybridized carbons (Fsp3) is 0.625. The van der Waals surface area contributed by atoms with Gasteiger partial charge in [0, 0.05) is 24.3 Å². The predicted octanol–water partition coefficient (Wildman–Crippen LogP) is 3.76. The van der Waals surface area contributed by atoms with Gasteiger partial charge in [-0.2, -0.15) is 0 Å². The third kappa shape index (κ3) is 2.86. The Morgan fingerprint density at radius 1 is 1.22 bits per heavy atom. The average Bonchev–Trinajstić information content (AvgIpc) is 2.46. The average molecular weight is 247 g/mol. The zero-order valence-corrected chi connectivity index (χ0v) is 11.6. The Labute approximate surface area is 111 Å². The molecule has 0 amide bonds. The third-order valence-corrected chi connectivity index (χ3v) is 4.22. The van der Waals surface area contributed by atoms with Gasteiger partial charge in [0.1, 0.15) is 0 Å². The Morgan fingerprint density at radius 2 is 1.89 bits per heavy atom. The van der Waals surface area contributed by atoms with Crippen LogP contribution >= 0.6 is 0 Å². The highest BCUT2D eigenvalue weighted by molar-refractivity contribution is 5.54. The van der Waals surface area contributed by atoms with Gasteiger partial charge in [-0.05, 0) is 31.2 Å². The van der Waals surface area contributed by atoms with Crippen LogP contribution in [0.25, 0.3) is 0 Å². The SMILES string of the molecule is CCC1CCN(c2ccccc2[C@@H](O)CC)CC1. The fourth-order valence-corrected chi connectivity index (χ4v) is 2.86. The number of anilines is 1. The van der Waals surface area contributed by atoms with Gasteiger partial charge in [0.2, 0.25) is 0 Å². The number of piperidine rings is 1. The summed E-state index contributed by atoms with van der Waals surface area (Å²) in [6.07, 6.45) is 4.32. The minimum atomic E-state index is -0.329. The van der Waals surface area contributed by atoms with Crippen molar-refractivity contribution in [2.75, 3.05) is 18.0 Å². The zero-order chi connectivity index (χ0) is 13.0. The van der Waals surface area contributed by atoms with Gasteiger partial charge in [0.25, 0.3) is 0 Å². The molecule has 1 fully saturated rings. The maximum atomic E-state index is 10.1. The van der Waals surface area contributed by atoms with Gasteiger partial charge >= 0.3 is 0 Å². The van der Waals surface area contributed by atoms with Gasteiger partial charge < -0.3 is 10.0 Å². The Bertz CT molecular complexity index is 369. The van der Waals surface area contributed by atoms with Crippen LogP contribution in [0.3, 0.4) is 0 Å². The standard InChI is InChI=1S/C16H25NO/c1-3-13-9-11-17(12-10-13)15-8-6-5-7-14(15)16(18)4-2/h5-8,13,16,18H,3-4,9-12H2,1-2H3/t16-/m0/s1. The molecule has 2 rings (SSSR count). The van der Waals surface area contributed by atoms with Crippen molar-refractivity contribution in [3.05, 3.63) is 29.8 Å². The number of para-hydroxylation sites is 1. The van der Waals surface area contributed by atoms with Crippen molar-refractivity contribution >= 4 is 5.69 Å². The van der Waals surface area contributed by atoms with Crippen molar-refractivity contribution in [1.82, 2.24) is 0 Å². The van der Waals surface area contributed by atoms with Crippen LogP contribution in [0, 0.1) is 5.92 Å². The van der Waals surface area contributed by atoms with Crippen LogP contribution in [0.4, 0.5) is 5.69 Å². The summed E-state index contributed by atoms with van der Waals surface area (Å²) in [4.78, 5) is 2.44. The summed E-state index contributed by atoms with van der Waals surface area (Å²) in [5, 5.41) is 10.1. The Morgan fingerprint density at radius 3 is 2.50 bits per heavy atom. The molecule has 0 unspecified atom stereocenters. The second kappa shape index (κ2) is 6.24. The molecule has 18 heavy (non-hydrogen) atoms. The van der Waals surface area contributed by atoms with Crippen molar-refractivity contribution in [3.63, 3.8) is 0 Å². The van der Waals surface area contributed by atoms with Gasteiger partial charge in [-0.15, -0.1) is 0 Å².